The predicted molar refractivity (Wildman–Crippen MR) is 121 cm³/mol. The fraction of sp³-hybridized carbons (Fsp3) is 0.136. The summed E-state index contributed by atoms with van der Waals surface area (Å²) in [4.78, 5) is 17.1. The topological polar surface area (TPSA) is 78.3 Å². The monoisotopic (exact) mass is 454 g/mol. The number of hydrogen-bond acceptors (Lipinski definition) is 6. The molecule has 0 aliphatic rings. The van der Waals surface area contributed by atoms with E-state index in [-0.39, 0.29) is 5.91 Å². The maximum Gasteiger partial charge on any atom is 0.256 e. The Labute approximate surface area is 188 Å². The molecule has 0 spiro atoms. The van der Waals surface area contributed by atoms with Gasteiger partial charge in [0.15, 0.2) is 11.5 Å². The van der Waals surface area contributed by atoms with Gasteiger partial charge in [-0.2, -0.15) is 5.10 Å². The molecular formula is C22H19ClN4O3S. The minimum Gasteiger partial charge on any atom is -0.493 e. The van der Waals surface area contributed by atoms with Gasteiger partial charge in [-0.15, -0.1) is 11.3 Å². The molecule has 0 saturated carbocycles. The molecular weight excluding hydrogens is 436 g/mol. The number of halogens is 1. The predicted octanol–water partition coefficient (Wildman–Crippen LogP) is 5.13. The van der Waals surface area contributed by atoms with Crippen molar-refractivity contribution in [1.82, 2.24) is 14.8 Å². The average Bonchev–Trinajstić information content (AvgIpc) is 3.41. The number of amides is 1. The highest BCUT2D eigenvalue weighted by atomic mass is 35.5. The summed E-state index contributed by atoms with van der Waals surface area (Å²) in [7, 11) is 1.53. The van der Waals surface area contributed by atoms with Gasteiger partial charge in [0.05, 0.1) is 29.7 Å². The van der Waals surface area contributed by atoms with Crippen LogP contribution in [0.1, 0.15) is 21.7 Å². The number of carbonyl (C=O) groups is 1. The van der Waals surface area contributed by atoms with E-state index in [1.807, 2.05) is 24.4 Å². The van der Waals surface area contributed by atoms with Gasteiger partial charge in [-0.3, -0.25) is 4.79 Å². The summed E-state index contributed by atoms with van der Waals surface area (Å²) < 4.78 is 12.8. The number of ether oxygens (including phenoxy) is 2. The standard InChI is InChI=1S/C22H19ClN4O3S/c1-14-8-21(27(26-14)18-5-3-4-16(23)10-18)25-22(28)15-6-7-19(20(9-15)29-2)30-11-17-12-31-13-24-17/h3-10,12-13H,11H2,1-2H3,(H,25,28). The van der Waals surface area contributed by atoms with Crippen LogP contribution in [0.25, 0.3) is 5.69 Å². The molecule has 0 fully saturated rings. The number of aromatic nitrogens is 3. The van der Waals surface area contributed by atoms with E-state index in [1.165, 1.54) is 18.4 Å². The molecule has 31 heavy (non-hydrogen) atoms. The third-order valence-electron chi connectivity index (χ3n) is 4.41. The number of nitrogens with zero attached hydrogens (tertiary/aromatic N) is 3. The van der Waals surface area contributed by atoms with E-state index in [4.69, 9.17) is 21.1 Å². The lowest BCUT2D eigenvalue weighted by Crippen LogP contribution is -2.15. The number of hydrogen-bond donors (Lipinski definition) is 1. The van der Waals surface area contributed by atoms with E-state index in [0.717, 1.165) is 17.1 Å². The Kier molecular flexibility index (Phi) is 6.20. The molecule has 0 aliphatic heterocycles. The zero-order valence-electron chi connectivity index (χ0n) is 16.8. The lowest BCUT2D eigenvalue weighted by Gasteiger charge is -2.12. The van der Waals surface area contributed by atoms with E-state index in [9.17, 15) is 4.79 Å². The third-order valence-corrected chi connectivity index (χ3v) is 5.28. The number of benzene rings is 2. The molecule has 0 saturated heterocycles. The second-order valence-corrected chi connectivity index (χ2v) is 7.81. The molecule has 158 valence electrons. The van der Waals surface area contributed by atoms with Gasteiger partial charge in [-0.05, 0) is 43.3 Å². The summed E-state index contributed by atoms with van der Waals surface area (Å²) in [5.74, 6) is 1.23. The second-order valence-electron chi connectivity index (χ2n) is 6.65. The Morgan fingerprint density at radius 3 is 2.81 bits per heavy atom. The summed E-state index contributed by atoms with van der Waals surface area (Å²) in [6.45, 7) is 2.18. The quantitative estimate of drug-likeness (QED) is 0.418. The summed E-state index contributed by atoms with van der Waals surface area (Å²) in [5.41, 5.74) is 4.52. The molecule has 1 N–H and O–H groups in total. The van der Waals surface area contributed by atoms with Crippen LogP contribution in [0, 0.1) is 6.92 Å². The van der Waals surface area contributed by atoms with Gasteiger partial charge in [0, 0.05) is 22.0 Å². The Morgan fingerprint density at radius 2 is 2.06 bits per heavy atom. The van der Waals surface area contributed by atoms with Crippen LogP contribution in [0.2, 0.25) is 5.02 Å². The first-order valence-corrected chi connectivity index (χ1v) is 10.7. The maximum atomic E-state index is 12.9. The molecule has 0 radical (unpaired) electrons. The van der Waals surface area contributed by atoms with Gasteiger partial charge >= 0.3 is 0 Å². The van der Waals surface area contributed by atoms with Gasteiger partial charge < -0.3 is 14.8 Å². The van der Waals surface area contributed by atoms with Crippen LogP contribution >= 0.6 is 22.9 Å². The molecule has 9 heteroatoms. The van der Waals surface area contributed by atoms with Crippen molar-refractivity contribution in [1.29, 1.82) is 0 Å². The van der Waals surface area contributed by atoms with Gasteiger partial charge in [0.2, 0.25) is 0 Å². The average molecular weight is 455 g/mol. The minimum atomic E-state index is -0.299. The number of thiazole rings is 1. The molecule has 7 nitrogen and oxygen atoms in total. The van der Waals surface area contributed by atoms with Crippen LogP contribution in [0.15, 0.2) is 59.4 Å². The molecule has 2 heterocycles. The van der Waals surface area contributed by atoms with Crippen LogP contribution in [0.5, 0.6) is 11.5 Å². The van der Waals surface area contributed by atoms with Crippen molar-refractivity contribution in [2.75, 3.05) is 12.4 Å². The molecule has 0 bridgehead atoms. The highest BCUT2D eigenvalue weighted by Gasteiger charge is 2.15. The maximum absolute atomic E-state index is 12.9. The van der Waals surface area contributed by atoms with Crippen LogP contribution in [0.4, 0.5) is 5.82 Å². The molecule has 4 aromatic rings. The number of aryl methyl sites for hydroxylation is 1. The summed E-state index contributed by atoms with van der Waals surface area (Å²) in [6.07, 6.45) is 0. The first kappa shape index (κ1) is 20.9. The van der Waals surface area contributed by atoms with Crippen molar-refractivity contribution in [3.05, 3.63) is 81.4 Å². The Morgan fingerprint density at radius 1 is 1.19 bits per heavy atom. The van der Waals surface area contributed by atoms with Gasteiger partial charge in [0.25, 0.3) is 5.91 Å². The Hall–Kier alpha value is -3.36. The van der Waals surface area contributed by atoms with E-state index >= 15 is 0 Å². The van der Waals surface area contributed by atoms with Crippen molar-refractivity contribution in [3.8, 4) is 17.2 Å². The number of methoxy groups -OCH3 is 1. The minimum absolute atomic E-state index is 0.299. The number of anilines is 1. The number of rotatable bonds is 7. The van der Waals surface area contributed by atoms with E-state index in [2.05, 4.69) is 15.4 Å². The van der Waals surface area contributed by atoms with Gasteiger partial charge in [-0.1, -0.05) is 17.7 Å². The lowest BCUT2D eigenvalue weighted by molar-refractivity contribution is 0.102. The first-order chi connectivity index (χ1) is 15.0. The first-order valence-electron chi connectivity index (χ1n) is 9.35. The molecule has 2 aromatic carbocycles. The van der Waals surface area contributed by atoms with Crippen LogP contribution in [-0.2, 0) is 6.61 Å². The number of carbonyl (C=O) groups excluding carboxylic acids is 1. The fourth-order valence-corrected chi connectivity index (χ4v) is 3.70. The fourth-order valence-electron chi connectivity index (χ4n) is 2.97. The van der Waals surface area contributed by atoms with Crippen molar-refractivity contribution < 1.29 is 14.3 Å². The molecule has 0 atom stereocenters. The van der Waals surface area contributed by atoms with Crippen molar-refractivity contribution in [2.45, 2.75) is 13.5 Å². The molecule has 4 rings (SSSR count). The Bertz CT molecular complexity index is 1210. The van der Waals surface area contributed by atoms with E-state index in [0.29, 0.717) is 34.5 Å². The van der Waals surface area contributed by atoms with Crippen LogP contribution in [-0.4, -0.2) is 27.8 Å². The molecule has 1 amide bonds. The summed E-state index contributed by atoms with van der Waals surface area (Å²) in [5, 5.41) is 9.86. The van der Waals surface area contributed by atoms with Crippen LogP contribution < -0.4 is 14.8 Å². The second kappa shape index (κ2) is 9.20. The normalized spacial score (nSPS) is 10.7. The smallest absolute Gasteiger partial charge is 0.256 e. The van der Waals surface area contributed by atoms with Gasteiger partial charge in [0.1, 0.15) is 12.4 Å². The highest BCUT2D eigenvalue weighted by molar-refractivity contribution is 7.07. The molecule has 2 aromatic heterocycles. The summed E-state index contributed by atoms with van der Waals surface area (Å²) in [6, 6.07) is 14.1. The molecule has 0 unspecified atom stereocenters. The Balaban J connectivity index is 1.54. The van der Waals surface area contributed by atoms with Crippen molar-refractivity contribution in [3.63, 3.8) is 0 Å². The van der Waals surface area contributed by atoms with E-state index in [1.54, 1.807) is 46.6 Å². The summed E-state index contributed by atoms with van der Waals surface area (Å²) >= 11 is 7.61. The van der Waals surface area contributed by atoms with Gasteiger partial charge in [-0.25, -0.2) is 9.67 Å². The van der Waals surface area contributed by atoms with Crippen molar-refractivity contribution in [2.24, 2.45) is 0 Å². The molecule has 0 aliphatic carbocycles. The van der Waals surface area contributed by atoms with E-state index < -0.39 is 0 Å². The zero-order chi connectivity index (χ0) is 21.8. The zero-order valence-corrected chi connectivity index (χ0v) is 18.4. The third kappa shape index (κ3) is 4.87. The lowest BCUT2D eigenvalue weighted by atomic mass is 10.2. The van der Waals surface area contributed by atoms with Crippen LogP contribution in [0.3, 0.4) is 0 Å². The van der Waals surface area contributed by atoms with Crippen molar-refractivity contribution >= 4 is 34.7 Å². The number of nitrogens with one attached hydrogen (secondary N) is 1. The highest BCUT2D eigenvalue weighted by Crippen LogP contribution is 2.29. The SMILES string of the molecule is COc1cc(C(=O)Nc2cc(C)nn2-c2cccc(Cl)c2)ccc1OCc1cscn1. The largest absolute Gasteiger partial charge is 0.493 e.